The Kier molecular flexibility index (Phi) is 4.53. The van der Waals surface area contributed by atoms with Crippen LogP contribution in [0.15, 0.2) is 45.3 Å². The first-order chi connectivity index (χ1) is 9.65. The molecule has 0 bridgehead atoms. The Morgan fingerprint density at radius 2 is 1.90 bits per heavy atom. The van der Waals surface area contributed by atoms with Crippen molar-refractivity contribution in [2.24, 2.45) is 0 Å². The first-order valence-electron chi connectivity index (χ1n) is 6.50. The van der Waals surface area contributed by atoms with E-state index in [4.69, 9.17) is 4.74 Å². The highest BCUT2D eigenvalue weighted by atomic mass is 79.9. The molecule has 0 radical (unpaired) electrons. The number of benzene rings is 2. The Balaban J connectivity index is 1.95. The van der Waals surface area contributed by atoms with Gasteiger partial charge < -0.3 is 4.74 Å². The first kappa shape index (κ1) is 14.6. The van der Waals surface area contributed by atoms with E-state index in [1.807, 2.05) is 0 Å². The van der Waals surface area contributed by atoms with Crippen LogP contribution in [0.1, 0.15) is 27.9 Å². The van der Waals surface area contributed by atoms with Crippen molar-refractivity contribution in [1.82, 2.24) is 0 Å². The molecule has 2 aromatic rings. The number of hydrogen-bond acceptors (Lipinski definition) is 1. The van der Waals surface area contributed by atoms with Crippen LogP contribution in [0.5, 0.6) is 5.75 Å². The van der Waals surface area contributed by atoms with Crippen LogP contribution in [-0.2, 0) is 6.42 Å². The smallest absolute Gasteiger partial charge is 0.122 e. The fourth-order valence-corrected chi connectivity index (χ4v) is 4.69. The fourth-order valence-electron chi connectivity index (χ4n) is 2.42. The largest absolute Gasteiger partial charge is 0.493 e. The summed E-state index contributed by atoms with van der Waals surface area (Å²) in [5.74, 6) is 1.04. The summed E-state index contributed by atoms with van der Waals surface area (Å²) in [6, 6.07) is 12.7. The van der Waals surface area contributed by atoms with Crippen molar-refractivity contribution in [3.05, 3.63) is 62.0 Å². The lowest BCUT2D eigenvalue weighted by Gasteiger charge is -2.20. The Labute approximate surface area is 144 Å². The lowest BCUT2D eigenvalue weighted by atomic mass is 9.99. The van der Waals surface area contributed by atoms with Crippen LogP contribution in [0, 0.1) is 0 Å². The lowest BCUT2D eigenvalue weighted by Crippen LogP contribution is -2.09. The third-order valence-electron chi connectivity index (χ3n) is 3.46. The molecule has 1 heterocycles. The minimum absolute atomic E-state index is 0.178. The molecular weight excluding hydrogens is 448 g/mol. The molecule has 4 heteroatoms. The zero-order chi connectivity index (χ0) is 14.1. The number of alkyl halides is 1. The van der Waals surface area contributed by atoms with Crippen molar-refractivity contribution >= 4 is 47.8 Å². The summed E-state index contributed by atoms with van der Waals surface area (Å²) < 4.78 is 7.85. The minimum Gasteiger partial charge on any atom is -0.493 e. The van der Waals surface area contributed by atoms with E-state index in [-0.39, 0.29) is 4.83 Å². The van der Waals surface area contributed by atoms with Crippen LogP contribution in [0.4, 0.5) is 0 Å². The van der Waals surface area contributed by atoms with Gasteiger partial charge in [-0.05, 0) is 47.7 Å². The van der Waals surface area contributed by atoms with Gasteiger partial charge in [0.05, 0.1) is 11.4 Å². The van der Waals surface area contributed by atoms with Gasteiger partial charge in [0, 0.05) is 8.95 Å². The molecule has 0 saturated carbocycles. The maximum atomic E-state index is 5.67. The summed E-state index contributed by atoms with van der Waals surface area (Å²) in [6.07, 6.45) is 2.20. The molecule has 1 aliphatic rings. The molecule has 20 heavy (non-hydrogen) atoms. The topological polar surface area (TPSA) is 9.23 Å². The SMILES string of the molecule is Brc1ccc(C(Br)c2ccc3c(c2)CCCO3)c(Br)c1. The van der Waals surface area contributed by atoms with Gasteiger partial charge in [0.15, 0.2) is 0 Å². The van der Waals surface area contributed by atoms with E-state index in [1.54, 1.807) is 0 Å². The molecule has 2 aromatic carbocycles. The van der Waals surface area contributed by atoms with Crippen LogP contribution in [0.25, 0.3) is 0 Å². The van der Waals surface area contributed by atoms with Gasteiger partial charge in [0.2, 0.25) is 0 Å². The molecule has 0 aromatic heterocycles. The molecule has 1 aliphatic heterocycles. The Morgan fingerprint density at radius 3 is 2.70 bits per heavy atom. The molecule has 0 amide bonds. The molecule has 0 spiro atoms. The Bertz CT molecular complexity index is 640. The second-order valence-electron chi connectivity index (χ2n) is 4.85. The molecule has 0 N–H and O–H groups in total. The van der Waals surface area contributed by atoms with Gasteiger partial charge in [0.25, 0.3) is 0 Å². The van der Waals surface area contributed by atoms with Crippen molar-refractivity contribution in [2.45, 2.75) is 17.7 Å². The predicted octanol–water partition coefficient (Wildman–Crippen LogP) is 6.02. The standard InChI is InChI=1S/C16H13Br3O/c17-12-4-5-13(14(18)9-12)16(19)11-3-6-15-10(8-11)2-1-7-20-15/h3-6,8-9,16H,1-2,7H2. The fraction of sp³-hybridized carbons (Fsp3) is 0.250. The summed E-state index contributed by atoms with van der Waals surface area (Å²) in [4.78, 5) is 0.178. The maximum absolute atomic E-state index is 5.67. The van der Waals surface area contributed by atoms with Gasteiger partial charge in [-0.3, -0.25) is 0 Å². The highest BCUT2D eigenvalue weighted by Gasteiger charge is 2.17. The van der Waals surface area contributed by atoms with Crippen molar-refractivity contribution in [1.29, 1.82) is 0 Å². The molecule has 3 rings (SSSR count). The third-order valence-corrected chi connectivity index (χ3v) is 5.66. The summed E-state index contributed by atoms with van der Waals surface area (Å²) in [7, 11) is 0. The molecule has 0 fully saturated rings. The second-order valence-corrected chi connectivity index (χ2v) is 7.53. The van der Waals surface area contributed by atoms with Gasteiger partial charge in [-0.25, -0.2) is 0 Å². The van der Waals surface area contributed by atoms with E-state index in [0.717, 1.165) is 34.1 Å². The van der Waals surface area contributed by atoms with E-state index in [9.17, 15) is 0 Å². The Hall–Kier alpha value is -0.320. The maximum Gasteiger partial charge on any atom is 0.122 e. The lowest BCUT2D eigenvalue weighted by molar-refractivity contribution is 0.288. The highest BCUT2D eigenvalue weighted by molar-refractivity contribution is 9.11. The Morgan fingerprint density at radius 1 is 1.05 bits per heavy atom. The molecule has 1 unspecified atom stereocenters. The van der Waals surface area contributed by atoms with Crippen molar-refractivity contribution in [2.75, 3.05) is 6.61 Å². The summed E-state index contributed by atoms with van der Waals surface area (Å²) in [5, 5.41) is 0. The normalized spacial score (nSPS) is 15.3. The van der Waals surface area contributed by atoms with Crippen LogP contribution >= 0.6 is 47.8 Å². The first-order valence-corrected chi connectivity index (χ1v) is 9.00. The molecule has 1 nitrogen and oxygen atoms in total. The second kappa shape index (κ2) is 6.20. The van der Waals surface area contributed by atoms with Gasteiger partial charge in [-0.2, -0.15) is 0 Å². The monoisotopic (exact) mass is 458 g/mol. The highest BCUT2D eigenvalue weighted by Crippen LogP contribution is 2.38. The number of rotatable bonds is 2. The van der Waals surface area contributed by atoms with Gasteiger partial charge >= 0.3 is 0 Å². The molecule has 0 aliphatic carbocycles. The van der Waals surface area contributed by atoms with E-state index in [2.05, 4.69) is 84.2 Å². The summed E-state index contributed by atoms with van der Waals surface area (Å²) in [5.41, 5.74) is 3.80. The van der Waals surface area contributed by atoms with Crippen LogP contribution in [-0.4, -0.2) is 6.61 Å². The van der Waals surface area contributed by atoms with Crippen molar-refractivity contribution in [3.63, 3.8) is 0 Å². The number of aryl methyl sites for hydroxylation is 1. The summed E-state index contributed by atoms with van der Waals surface area (Å²) in [6.45, 7) is 0.836. The third kappa shape index (κ3) is 2.97. The summed E-state index contributed by atoms with van der Waals surface area (Å²) >= 11 is 10.9. The quantitative estimate of drug-likeness (QED) is 0.498. The van der Waals surface area contributed by atoms with Crippen LogP contribution in [0.3, 0.4) is 0 Å². The number of hydrogen-bond donors (Lipinski definition) is 0. The molecule has 104 valence electrons. The van der Waals surface area contributed by atoms with E-state index in [1.165, 1.54) is 16.7 Å². The zero-order valence-electron chi connectivity index (χ0n) is 10.7. The van der Waals surface area contributed by atoms with Crippen LogP contribution in [0.2, 0.25) is 0 Å². The van der Waals surface area contributed by atoms with E-state index < -0.39 is 0 Å². The van der Waals surface area contributed by atoms with Gasteiger partial charge in [-0.15, -0.1) is 0 Å². The van der Waals surface area contributed by atoms with E-state index >= 15 is 0 Å². The van der Waals surface area contributed by atoms with Crippen molar-refractivity contribution < 1.29 is 4.74 Å². The predicted molar refractivity (Wildman–Crippen MR) is 92.9 cm³/mol. The van der Waals surface area contributed by atoms with E-state index in [0.29, 0.717) is 0 Å². The molecule has 0 saturated heterocycles. The average Bonchev–Trinajstić information content (AvgIpc) is 2.46. The molecular formula is C16H13Br3O. The molecule has 1 atom stereocenters. The van der Waals surface area contributed by atoms with Crippen LogP contribution < -0.4 is 4.74 Å². The minimum atomic E-state index is 0.178. The zero-order valence-corrected chi connectivity index (χ0v) is 15.5. The van der Waals surface area contributed by atoms with Crippen molar-refractivity contribution in [3.8, 4) is 5.75 Å². The number of ether oxygens (including phenoxy) is 1. The van der Waals surface area contributed by atoms with Gasteiger partial charge in [-0.1, -0.05) is 66.0 Å². The number of fused-ring (bicyclic) bond motifs is 1. The van der Waals surface area contributed by atoms with Gasteiger partial charge in [0.1, 0.15) is 5.75 Å². The number of halogens is 3. The average molecular weight is 461 g/mol.